The summed E-state index contributed by atoms with van der Waals surface area (Å²) >= 11 is 12.4. The quantitative estimate of drug-likeness (QED) is 0.133. The number of aromatic nitrogens is 2. The highest BCUT2D eigenvalue weighted by molar-refractivity contribution is 7.99. The highest BCUT2D eigenvalue weighted by atomic mass is 35.5. The second kappa shape index (κ2) is 10.2. The van der Waals surface area contributed by atoms with Crippen molar-refractivity contribution in [2.24, 2.45) is 4.99 Å². The van der Waals surface area contributed by atoms with Crippen molar-refractivity contribution in [3.05, 3.63) is 108 Å². The van der Waals surface area contributed by atoms with Gasteiger partial charge in [-0.2, -0.15) is 0 Å². The maximum Gasteiger partial charge on any atom is 0.269 e. The standard InChI is InChI=1S/C23H14ClFN4O4S2/c24-19-11-15(5-10-20(19)25)28-22(31)18(21(30)27-23(28)34)12-26-13-1-6-16(7-2-13)35-17-8-3-14(4-9-17)29(32)33/h1-12,31H,(H,27,30,34). The zero-order valence-corrected chi connectivity index (χ0v) is 19.9. The molecule has 0 atom stereocenters. The lowest BCUT2D eigenvalue weighted by molar-refractivity contribution is -0.384. The highest BCUT2D eigenvalue weighted by Crippen LogP contribution is 2.30. The molecule has 0 saturated heterocycles. The molecule has 8 nitrogen and oxygen atoms in total. The number of nitro benzene ring substituents is 1. The van der Waals surface area contributed by atoms with E-state index in [0.717, 1.165) is 20.4 Å². The molecular weight excluding hydrogens is 515 g/mol. The Bertz CT molecular complexity index is 1570. The Balaban J connectivity index is 1.57. The molecule has 0 unspecified atom stereocenters. The van der Waals surface area contributed by atoms with Crippen LogP contribution in [0, 0.1) is 20.7 Å². The van der Waals surface area contributed by atoms with Crippen molar-refractivity contribution in [1.29, 1.82) is 0 Å². The van der Waals surface area contributed by atoms with Crippen molar-refractivity contribution >= 4 is 53.2 Å². The molecule has 1 aromatic heterocycles. The molecular formula is C23H14ClFN4O4S2. The summed E-state index contributed by atoms with van der Waals surface area (Å²) in [5.41, 5.74) is -0.00673. The molecule has 0 amide bonds. The smallest absolute Gasteiger partial charge is 0.269 e. The number of nitrogens with zero attached hydrogens (tertiary/aromatic N) is 3. The monoisotopic (exact) mass is 528 g/mol. The number of hydrogen-bond donors (Lipinski definition) is 2. The molecule has 4 aromatic rings. The summed E-state index contributed by atoms with van der Waals surface area (Å²) in [5, 5.41) is 21.3. The molecule has 0 saturated carbocycles. The zero-order chi connectivity index (χ0) is 25.1. The van der Waals surface area contributed by atoms with Gasteiger partial charge in [0.15, 0.2) is 4.77 Å². The van der Waals surface area contributed by atoms with Crippen LogP contribution in [0.4, 0.5) is 15.8 Å². The summed E-state index contributed by atoms with van der Waals surface area (Å²) < 4.78 is 14.6. The van der Waals surface area contributed by atoms with E-state index in [1.807, 2.05) is 0 Å². The first-order chi connectivity index (χ1) is 16.7. The summed E-state index contributed by atoms with van der Waals surface area (Å²) in [6.07, 6.45) is 1.20. The first kappa shape index (κ1) is 24.3. The van der Waals surface area contributed by atoms with Gasteiger partial charge in [-0.25, -0.2) is 4.39 Å². The molecule has 0 aliphatic rings. The van der Waals surface area contributed by atoms with E-state index in [4.69, 9.17) is 23.8 Å². The number of nitro groups is 1. The van der Waals surface area contributed by atoms with Gasteiger partial charge in [-0.1, -0.05) is 23.4 Å². The molecule has 3 aromatic carbocycles. The number of H-pyrrole nitrogens is 1. The van der Waals surface area contributed by atoms with E-state index >= 15 is 0 Å². The maximum absolute atomic E-state index is 13.5. The van der Waals surface area contributed by atoms with Crippen LogP contribution in [0.15, 0.2) is 86.3 Å². The summed E-state index contributed by atoms with van der Waals surface area (Å²) in [5.74, 6) is -1.11. The van der Waals surface area contributed by atoms with Gasteiger partial charge in [-0.05, 0) is 66.8 Å². The summed E-state index contributed by atoms with van der Waals surface area (Å²) in [7, 11) is 0. The van der Waals surface area contributed by atoms with E-state index in [1.165, 1.54) is 42.2 Å². The first-order valence-electron chi connectivity index (χ1n) is 9.83. The van der Waals surface area contributed by atoms with Crippen molar-refractivity contribution in [2.45, 2.75) is 9.79 Å². The van der Waals surface area contributed by atoms with Crippen molar-refractivity contribution in [2.75, 3.05) is 0 Å². The fourth-order valence-corrected chi connectivity index (χ4v) is 4.31. The molecule has 0 spiro atoms. The Morgan fingerprint density at radius 2 is 1.74 bits per heavy atom. The minimum absolute atomic E-state index is 0.0187. The van der Waals surface area contributed by atoms with Gasteiger partial charge in [0.25, 0.3) is 11.2 Å². The van der Waals surface area contributed by atoms with Gasteiger partial charge in [-0.15, -0.1) is 0 Å². The van der Waals surface area contributed by atoms with Crippen LogP contribution in [0.5, 0.6) is 5.88 Å². The molecule has 0 aliphatic heterocycles. The Morgan fingerprint density at radius 3 is 2.34 bits per heavy atom. The summed E-state index contributed by atoms with van der Waals surface area (Å²) in [6.45, 7) is 0. The van der Waals surface area contributed by atoms with Gasteiger partial charge in [0.2, 0.25) is 5.88 Å². The lowest BCUT2D eigenvalue weighted by Crippen LogP contribution is -2.18. The largest absolute Gasteiger partial charge is 0.494 e. The first-order valence-corrected chi connectivity index (χ1v) is 11.4. The van der Waals surface area contributed by atoms with Crippen LogP contribution in [-0.2, 0) is 0 Å². The number of hydrogen-bond acceptors (Lipinski definition) is 7. The number of benzene rings is 3. The number of rotatable bonds is 6. The molecule has 2 N–H and O–H groups in total. The van der Waals surface area contributed by atoms with Crippen molar-refractivity contribution in [3.63, 3.8) is 0 Å². The summed E-state index contributed by atoms with van der Waals surface area (Å²) in [4.78, 5) is 31.1. The molecule has 0 aliphatic carbocycles. The fraction of sp³-hybridized carbons (Fsp3) is 0. The fourth-order valence-electron chi connectivity index (χ4n) is 3.03. The average Bonchev–Trinajstić information content (AvgIpc) is 2.82. The van der Waals surface area contributed by atoms with Gasteiger partial charge in [0.1, 0.15) is 11.4 Å². The van der Waals surface area contributed by atoms with Crippen LogP contribution in [0.1, 0.15) is 5.56 Å². The molecule has 176 valence electrons. The minimum atomic E-state index is -0.647. The predicted octanol–water partition coefficient (Wildman–Crippen LogP) is 6.20. The van der Waals surface area contributed by atoms with Crippen LogP contribution in [0.3, 0.4) is 0 Å². The number of aromatic hydroxyl groups is 1. The Morgan fingerprint density at radius 1 is 1.11 bits per heavy atom. The number of non-ortho nitro benzene ring substituents is 1. The third kappa shape index (κ3) is 5.48. The van der Waals surface area contributed by atoms with Gasteiger partial charge < -0.3 is 5.11 Å². The van der Waals surface area contributed by atoms with Crippen molar-refractivity contribution in [3.8, 4) is 11.6 Å². The third-order valence-electron chi connectivity index (χ3n) is 4.74. The molecule has 35 heavy (non-hydrogen) atoms. The van der Waals surface area contributed by atoms with E-state index in [9.17, 15) is 24.4 Å². The van der Waals surface area contributed by atoms with E-state index < -0.39 is 22.2 Å². The lowest BCUT2D eigenvalue weighted by Gasteiger charge is -2.11. The average molecular weight is 529 g/mol. The second-order valence-corrected chi connectivity index (χ2v) is 8.98. The molecule has 0 radical (unpaired) electrons. The van der Waals surface area contributed by atoms with E-state index in [2.05, 4.69) is 9.98 Å². The lowest BCUT2D eigenvalue weighted by atomic mass is 10.2. The third-order valence-corrected chi connectivity index (χ3v) is 6.33. The number of halogens is 2. The SMILES string of the molecule is O=c1[nH]c(=S)n(-c2ccc(F)c(Cl)c2)c(O)c1C=Nc1ccc(Sc2ccc([N+](=O)[O-])cc2)cc1. The summed E-state index contributed by atoms with van der Waals surface area (Å²) in [6, 6.07) is 17.0. The van der Waals surface area contributed by atoms with Crippen LogP contribution in [0.25, 0.3) is 5.69 Å². The van der Waals surface area contributed by atoms with E-state index in [1.54, 1.807) is 36.4 Å². The molecule has 12 heteroatoms. The minimum Gasteiger partial charge on any atom is -0.494 e. The predicted molar refractivity (Wildman–Crippen MR) is 135 cm³/mol. The van der Waals surface area contributed by atoms with Crippen LogP contribution in [-0.4, -0.2) is 25.8 Å². The van der Waals surface area contributed by atoms with E-state index in [-0.39, 0.29) is 26.7 Å². The molecule has 0 bridgehead atoms. The molecule has 4 rings (SSSR count). The van der Waals surface area contributed by atoms with Gasteiger partial charge >= 0.3 is 0 Å². The number of aliphatic imine (C=N–C) groups is 1. The number of nitrogens with one attached hydrogen (secondary N) is 1. The number of aromatic amines is 1. The molecule has 1 heterocycles. The highest BCUT2D eigenvalue weighted by Gasteiger charge is 2.14. The van der Waals surface area contributed by atoms with Crippen molar-refractivity contribution < 1.29 is 14.4 Å². The van der Waals surface area contributed by atoms with Gasteiger partial charge in [0, 0.05) is 28.1 Å². The van der Waals surface area contributed by atoms with Crippen molar-refractivity contribution in [1.82, 2.24) is 9.55 Å². The maximum atomic E-state index is 13.5. The van der Waals surface area contributed by atoms with E-state index in [0.29, 0.717) is 5.69 Å². The Hall–Kier alpha value is -3.80. The van der Waals surface area contributed by atoms with Crippen LogP contribution < -0.4 is 5.56 Å². The van der Waals surface area contributed by atoms with Gasteiger partial charge in [-0.3, -0.25) is 29.5 Å². The van der Waals surface area contributed by atoms with Crippen LogP contribution in [0.2, 0.25) is 5.02 Å². The molecule has 0 fully saturated rings. The van der Waals surface area contributed by atoms with Crippen LogP contribution >= 0.6 is 35.6 Å². The van der Waals surface area contributed by atoms with Gasteiger partial charge in [0.05, 0.1) is 21.3 Å². The Kier molecular flexibility index (Phi) is 7.10. The second-order valence-electron chi connectivity index (χ2n) is 7.04. The zero-order valence-electron chi connectivity index (χ0n) is 17.5. The normalized spacial score (nSPS) is 11.1. The topological polar surface area (TPSA) is 114 Å². The Labute approximate surface area is 211 Å².